The van der Waals surface area contributed by atoms with Crippen LogP contribution in [-0.2, 0) is 9.84 Å². The molecule has 0 fully saturated rings. The number of nitrogens with zero attached hydrogens (tertiary/aromatic N) is 1. The minimum absolute atomic E-state index is 0.257. The van der Waals surface area contributed by atoms with E-state index in [4.69, 9.17) is 0 Å². The van der Waals surface area contributed by atoms with Gasteiger partial charge in [-0.15, -0.1) is 0 Å². The summed E-state index contributed by atoms with van der Waals surface area (Å²) in [6.45, 7) is 9.26. The smallest absolute Gasteiger partial charge is 0.151 e. The zero-order valence-corrected chi connectivity index (χ0v) is 10.5. The molecule has 0 N–H and O–H groups in total. The molecule has 0 amide bonds. The highest BCUT2D eigenvalue weighted by Gasteiger charge is 2.15. The quantitative estimate of drug-likeness (QED) is 0.702. The highest BCUT2D eigenvalue weighted by molar-refractivity contribution is 7.91. The van der Waals surface area contributed by atoms with Crippen molar-refractivity contribution in [3.05, 3.63) is 0 Å². The van der Waals surface area contributed by atoms with Gasteiger partial charge in [0.15, 0.2) is 9.84 Å². The third-order valence-corrected chi connectivity index (χ3v) is 3.45. The molecule has 0 aromatic rings. The van der Waals surface area contributed by atoms with Crippen molar-refractivity contribution in [3.8, 4) is 0 Å². The van der Waals surface area contributed by atoms with Crippen molar-refractivity contribution in [2.24, 2.45) is 0 Å². The van der Waals surface area contributed by atoms with Crippen LogP contribution in [0.3, 0.4) is 0 Å². The van der Waals surface area contributed by atoms with E-state index in [0.29, 0.717) is 6.54 Å². The zero-order valence-electron chi connectivity index (χ0n) is 9.66. The predicted octanol–water partition coefficient (Wildman–Crippen LogP) is 1.40. The fraction of sp³-hybridized carbons (Fsp3) is 1.00. The van der Waals surface area contributed by atoms with Gasteiger partial charge in [0.2, 0.25) is 0 Å². The second-order valence-electron chi connectivity index (χ2n) is 3.00. The first-order valence-electron chi connectivity index (χ1n) is 4.75. The lowest BCUT2D eigenvalue weighted by molar-refractivity contribution is 0.353. The van der Waals surface area contributed by atoms with Crippen molar-refractivity contribution < 1.29 is 8.42 Å². The minimum Gasteiger partial charge on any atom is -0.305 e. The Bertz CT molecular complexity index is 200. The molecule has 0 aliphatic heterocycles. The van der Waals surface area contributed by atoms with Crippen LogP contribution in [0.2, 0.25) is 0 Å². The fourth-order valence-electron chi connectivity index (χ4n) is 0.703. The number of hydrogen-bond donors (Lipinski definition) is 0. The molecule has 1 atom stereocenters. The summed E-state index contributed by atoms with van der Waals surface area (Å²) in [7, 11) is -0.931. The molecule has 13 heavy (non-hydrogen) atoms. The van der Waals surface area contributed by atoms with Crippen molar-refractivity contribution in [3.63, 3.8) is 0 Å². The molecule has 82 valence electrons. The van der Waals surface area contributed by atoms with E-state index in [1.165, 1.54) is 6.26 Å². The third kappa shape index (κ3) is 8.25. The van der Waals surface area contributed by atoms with Crippen LogP contribution in [0.15, 0.2) is 0 Å². The van der Waals surface area contributed by atoms with Crippen LogP contribution in [0.4, 0.5) is 0 Å². The summed E-state index contributed by atoms with van der Waals surface area (Å²) in [5.41, 5.74) is 0. The van der Waals surface area contributed by atoms with E-state index >= 15 is 0 Å². The highest BCUT2D eigenvalue weighted by atomic mass is 32.2. The molecule has 4 heteroatoms. The molecule has 0 aliphatic carbocycles. The van der Waals surface area contributed by atoms with E-state index in [9.17, 15) is 8.42 Å². The van der Waals surface area contributed by atoms with Crippen LogP contribution >= 0.6 is 0 Å². The second kappa shape index (κ2) is 7.33. The maximum atomic E-state index is 11.0. The summed E-state index contributed by atoms with van der Waals surface area (Å²) >= 11 is 0. The standard InChI is InChI=1S/C7H17NO2S.C2H6/c1-5-8(3)6-7(2)11(4,9)10;1-2/h7H,5-6H2,1-4H3;1-2H3. The maximum Gasteiger partial charge on any atom is 0.151 e. The average molecular weight is 209 g/mol. The van der Waals surface area contributed by atoms with E-state index in [1.54, 1.807) is 6.92 Å². The van der Waals surface area contributed by atoms with Crippen molar-refractivity contribution in [2.75, 3.05) is 26.4 Å². The highest BCUT2D eigenvalue weighted by Crippen LogP contribution is 1.99. The van der Waals surface area contributed by atoms with Gasteiger partial charge in [0.05, 0.1) is 5.25 Å². The Labute approximate surface area is 83.0 Å². The first kappa shape index (κ1) is 15.4. The molecule has 0 saturated heterocycles. The summed E-state index contributed by atoms with van der Waals surface area (Å²) in [6.07, 6.45) is 1.28. The van der Waals surface area contributed by atoms with Crippen LogP contribution in [0.1, 0.15) is 27.7 Å². The van der Waals surface area contributed by atoms with Gasteiger partial charge in [-0.2, -0.15) is 0 Å². The normalized spacial score (nSPS) is 13.5. The lowest BCUT2D eigenvalue weighted by Gasteiger charge is -2.17. The lowest BCUT2D eigenvalue weighted by atomic mass is 10.4. The van der Waals surface area contributed by atoms with E-state index < -0.39 is 9.84 Å². The van der Waals surface area contributed by atoms with Crippen LogP contribution in [-0.4, -0.2) is 45.0 Å². The maximum absolute atomic E-state index is 11.0. The molecule has 0 heterocycles. The molecule has 1 unspecified atom stereocenters. The van der Waals surface area contributed by atoms with E-state index in [2.05, 4.69) is 0 Å². The fourth-order valence-corrected chi connectivity index (χ4v) is 1.23. The topological polar surface area (TPSA) is 37.4 Å². The summed E-state index contributed by atoms with van der Waals surface area (Å²) in [5.74, 6) is 0. The van der Waals surface area contributed by atoms with E-state index in [-0.39, 0.29) is 5.25 Å². The Balaban J connectivity index is 0. The van der Waals surface area contributed by atoms with E-state index in [0.717, 1.165) is 6.54 Å². The molecule has 0 bridgehead atoms. The molecule has 0 radical (unpaired) electrons. The SMILES string of the molecule is CC.CCN(C)CC(C)S(C)(=O)=O. The van der Waals surface area contributed by atoms with Crippen LogP contribution in [0.25, 0.3) is 0 Å². The summed E-state index contributed by atoms with van der Waals surface area (Å²) in [6, 6.07) is 0. The van der Waals surface area contributed by atoms with E-state index in [1.807, 2.05) is 32.7 Å². The molecular formula is C9H23NO2S. The van der Waals surface area contributed by atoms with Gasteiger partial charge in [-0.05, 0) is 20.5 Å². The molecular weight excluding hydrogens is 186 g/mol. The first-order chi connectivity index (χ1) is 5.88. The van der Waals surface area contributed by atoms with Crippen LogP contribution in [0, 0.1) is 0 Å². The predicted molar refractivity (Wildman–Crippen MR) is 58.8 cm³/mol. The molecule has 0 spiro atoms. The van der Waals surface area contributed by atoms with Crippen LogP contribution < -0.4 is 0 Å². The van der Waals surface area contributed by atoms with Gasteiger partial charge in [-0.1, -0.05) is 20.8 Å². The van der Waals surface area contributed by atoms with Gasteiger partial charge < -0.3 is 4.90 Å². The lowest BCUT2D eigenvalue weighted by Crippen LogP contribution is -2.31. The van der Waals surface area contributed by atoms with Gasteiger partial charge in [0.25, 0.3) is 0 Å². The third-order valence-electron chi connectivity index (χ3n) is 1.84. The Morgan fingerprint density at radius 3 is 1.92 bits per heavy atom. The monoisotopic (exact) mass is 209 g/mol. The molecule has 0 aromatic heterocycles. The number of rotatable bonds is 4. The van der Waals surface area contributed by atoms with Gasteiger partial charge in [-0.3, -0.25) is 0 Å². The summed E-state index contributed by atoms with van der Waals surface area (Å²) < 4.78 is 21.9. The van der Waals surface area contributed by atoms with Crippen molar-refractivity contribution >= 4 is 9.84 Å². The van der Waals surface area contributed by atoms with Crippen molar-refractivity contribution in [2.45, 2.75) is 32.9 Å². The largest absolute Gasteiger partial charge is 0.305 e. The summed E-state index contributed by atoms with van der Waals surface area (Å²) in [4.78, 5) is 1.99. The van der Waals surface area contributed by atoms with Crippen molar-refractivity contribution in [1.29, 1.82) is 0 Å². The average Bonchev–Trinajstić information content (AvgIpc) is 2.06. The van der Waals surface area contributed by atoms with Gasteiger partial charge in [0.1, 0.15) is 0 Å². The van der Waals surface area contributed by atoms with Crippen LogP contribution in [0.5, 0.6) is 0 Å². The zero-order chi connectivity index (χ0) is 11.1. The molecule has 0 saturated carbocycles. The molecule has 0 aliphatic rings. The Hall–Kier alpha value is -0.0900. The number of sulfone groups is 1. The van der Waals surface area contributed by atoms with Gasteiger partial charge in [0, 0.05) is 12.8 Å². The first-order valence-corrected chi connectivity index (χ1v) is 6.70. The molecule has 0 rings (SSSR count). The Morgan fingerprint density at radius 2 is 1.69 bits per heavy atom. The molecule has 3 nitrogen and oxygen atoms in total. The number of hydrogen-bond acceptors (Lipinski definition) is 3. The van der Waals surface area contributed by atoms with Gasteiger partial charge >= 0.3 is 0 Å². The molecule has 0 aromatic carbocycles. The van der Waals surface area contributed by atoms with Gasteiger partial charge in [-0.25, -0.2) is 8.42 Å². The minimum atomic E-state index is -2.85. The second-order valence-corrected chi connectivity index (χ2v) is 5.46. The Morgan fingerprint density at radius 1 is 1.31 bits per heavy atom. The Kier molecular flexibility index (Phi) is 8.67. The summed E-state index contributed by atoms with van der Waals surface area (Å²) in [5, 5.41) is -0.257. The van der Waals surface area contributed by atoms with Crippen molar-refractivity contribution in [1.82, 2.24) is 4.90 Å².